The van der Waals surface area contributed by atoms with Crippen LogP contribution < -0.4 is 0 Å². The maximum atomic E-state index is 12.9. The maximum Gasteiger partial charge on any atom is 0.209 e. The average Bonchev–Trinajstić information content (AvgIpc) is 3.08. The Hall–Kier alpha value is -0.780. The standard InChI is InChI=1S/C43H84O5/c1-4-5-6-7-8-9-10-11-12-13-14-15-16-17-21-24-27-30-33-36-40(45)43(48,42(47)38-44)41(46)37-34-31-28-25-22-19-18-20-23-26-29-32-35-39(2)3/h39,42,44,47-48H,4-38H2,1-3H3. The van der Waals surface area contributed by atoms with Gasteiger partial charge in [-0.2, -0.15) is 0 Å². The number of carbonyl (C=O) groups is 2. The van der Waals surface area contributed by atoms with E-state index in [1.165, 1.54) is 154 Å². The molecule has 5 nitrogen and oxygen atoms in total. The summed E-state index contributed by atoms with van der Waals surface area (Å²) in [6, 6.07) is 0. The molecule has 0 fully saturated rings. The molecule has 0 saturated heterocycles. The van der Waals surface area contributed by atoms with Crippen LogP contribution in [-0.4, -0.2) is 45.2 Å². The van der Waals surface area contributed by atoms with Crippen LogP contribution in [0.5, 0.6) is 0 Å². The van der Waals surface area contributed by atoms with Gasteiger partial charge < -0.3 is 15.3 Å². The Kier molecular flexibility index (Phi) is 34.1. The predicted octanol–water partition coefficient (Wildman–Crippen LogP) is 12.1. The molecule has 0 bridgehead atoms. The molecule has 0 aliphatic rings. The summed E-state index contributed by atoms with van der Waals surface area (Å²) in [4.78, 5) is 25.8. The van der Waals surface area contributed by atoms with E-state index in [4.69, 9.17) is 0 Å². The number of carbonyl (C=O) groups excluding carboxylic acids is 2. The molecule has 0 aliphatic heterocycles. The highest BCUT2D eigenvalue weighted by atomic mass is 16.4. The molecule has 0 heterocycles. The number of aliphatic hydroxyl groups is 3. The number of rotatable bonds is 39. The van der Waals surface area contributed by atoms with Crippen molar-refractivity contribution in [2.24, 2.45) is 5.92 Å². The number of hydrogen-bond acceptors (Lipinski definition) is 5. The molecule has 2 atom stereocenters. The van der Waals surface area contributed by atoms with Crippen LogP contribution in [0.4, 0.5) is 0 Å². The van der Waals surface area contributed by atoms with Crippen LogP contribution in [0.3, 0.4) is 0 Å². The van der Waals surface area contributed by atoms with E-state index in [9.17, 15) is 24.9 Å². The van der Waals surface area contributed by atoms with Gasteiger partial charge in [0, 0.05) is 12.8 Å². The molecular weight excluding hydrogens is 596 g/mol. The highest BCUT2D eigenvalue weighted by Crippen LogP contribution is 2.23. The van der Waals surface area contributed by atoms with E-state index >= 15 is 0 Å². The third kappa shape index (κ3) is 27.0. The Morgan fingerprint density at radius 2 is 0.708 bits per heavy atom. The van der Waals surface area contributed by atoms with Gasteiger partial charge in [-0.3, -0.25) is 9.59 Å². The third-order valence-corrected chi connectivity index (χ3v) is 10.4. The zero-order valence-corrected chi connectivity index (χ0v) is 32.6. The summed E-state index contributed by atoms with van der Waals surface area (Å²) in [6.45, 7) is 6.07. The van der Waals surface area contributed by atoms with Crippen molar-refractivity contribution >= 4 is 11.6 Å². The lowest BCUT2D eigenvalue weighted by molar-refractivity contribution is -0.166. The number of hydrogen-bond donors (Lipinski definition) is 3. The fraction of sp³-hybridized carbons (Fsp3) is 0.953. The quantitative estimate of drug-likeness (QED) is 0.0443. The summed E-state index contributed by atoms with van der Waals surface area (Å²) in [7, 11) is 0. The van der Waals surface area contributed by atoms with E-state index in [0.29, 0.717) is 12.8 Å². The molecule has 286 valence electrons. The van der Waals surface area contributed by atoms with Gasteiger partial charge in [0.25, 0.3) is 0 Å². The molecule has 2 unspecified atom stereocenters. The molecule has 3 N–H and O–H groups in total. The minimum absolute atomic E-state index is 0.0648. The second-order valence-electron chi connectivity index (χ2n) is 15.6. The summed E-state index contributed by atoms with van der Waals surface area (Å²) in [5.41, 5.74) is -2.47. The summed E-state index contributed by atoms with van der Waals surface area (Å²) < 4.78 is 0. The first-order valence-electron chi connectivity index (χ1n) is 21.4. The first kappa shape index (κ1) is 47.2. The van der Waals surface area contributed by atoms with Gasteiger partial charge in [0.2, 0.25) is 5.60 Å². The number of Topliss-reactive ketones (excluding diaryl/α,β-unsaturated/α-hetero) is 2. The number of ketones is 2. The van der Waals surface area contributed by atoms with Crippen molar-refractivity contribution in [3.63, 3.8) is 0 Å². The van der Waals surface area contributed by atoms with Gasteiger partial charge in [-0.15, -0.1) is 0 Å². The molecule has 0 rings (SSSR count). The molecule has 0 spiro atoms. The summed E-state index contributed by atoms with van der Waals surface area (Å²) in [5, 5.41) is 30.7. The number of aliphatic hydroxyl groups excluding tert-OH is 2. The van der Waals surface area contributed by atoms with Crippen LogP contribution in [0.1, 0.15) is 239 Å². The highest BCUT2D eigenvalue weighted by molar-refractivity contribution is 6.10. The molecule has 0 aromatic heterocycles. The molecule has 5 heteroatoms. The summed E-state index contributed by atoms with van der Waals surface area (Å²) >= 11 is 0. The fourth-order valence-electron chi connectivity index (χ4n) is 7.01. The van der Waals surface area contributed by atoms with Crippen molar-refractivity contribution in [2.75, 3.05) is 6.61 Å². The normalized spacial score (nSPS) is 13.6. The van der Waals surface area contributed by atoms with Crippen molar-refractivity contribution in [1.82, 2.24) is 0 Å². The van der Waals surface area contributed by atoms with Gasteiger partial charge in [-0.05, 0) is 18.8 Å². The summed E-state index contributed by atoms with van der Waals surface area (Å²) in [5.74, 6) is -0.455. The monoisotopic (exact) mass is 681 g/mol. The lowest BCUT2D eigenvalue weighted by Crippen LogP contribution is -2.57. The van der Waals surface area contributed by atoms with Crippen molar-refractivity contribution in [1.29, 1.82) is 0 Å². The average molecular weight is 681 g/mol. The van der Waals surface area contributed by atoms with Gasteiger partial charge in [0.05, 0.1) is 6.61 Å². The smallest absolute Gasteiger partial charge is 0.209 e. The van der Waals surface area contributed by atoms with E-state index < -0.39 is 29.9 Å². The van der Waals surface area contributed by atoms with E-state index in [1.807, 2.05) is 0 Å². The van der Waals surface area contributed by atoms with Gasteiger partial charge >= 0.3 is 0 Å². The van der Waals surface area contributed by atoms with Gasteiger partial charge in [0.1, 0.15) is 6.10 Å². The molecular formula is C43H84O5. The van der Waals surface area contributed by atoms with Crippen molar-refractivity contribution < 1.29 is 24.9 Å². The van der Waals surface area contributed by atoms with E-state index in [0.717, 1.165) is 44.4 Å². The molecule has 0 amide bonds. The Labute approximate surface area is 299 Å². The first-order valence-corrected chi connectivity index (χ1v) is 21.4. The Bertz CT molecular complexity index is 707. The largest absolute Gasteiger partial charge is 0.394 e. The zero-order valence-electron chi connectivity index (χ0n) is 32.6. The van der Waals surface area contributed by atoms with Crippen molar-refractivity contribution in [3.8, 4) is 0 Å². The van der Waals surface area contributed by atoms with Crippen molar-refractivity contribution in [3.05, 3.63) is 0 Å². The molecule has 0 radical (unpaired) electrons. The second kappa shape index (κ2) is 34.7. The van der Waals surface area contributed by atoms with Gasteiger partial charge in [-0.25, -0.2) is 0 Å². The van der Waals surface area contributed by atoms with Crippen molar-refractivity contribution in [2.45, 2.75) is 251 Å². The molecule has 0 aliphatic carbocycles. The second-order valence-corrected chi connectivity index (χ2v) is 15.6. The van der Waals surface area contributed by atoms with Crippen LogP contribution in [0.15, 0.2) is 0 Å². The molecule has 0 aromatic carbocycles. The van der Waals surface area contributed by atoms with Crippen LogP contribution in [0.2, 0.25) is 0 Å². The highest BCUT2D eigenvalue weighted by Gasteiger charge is 2.48. The third-order valence-electron chi connectivity index (χ3n) is 10.4. The van der Waals surface area contributed by atoms with Gasteiger partial charge in [0.15, 0.2) is 11.6 Å². The Balaban J connectivity index is 3.84. The first-order chi connectivity index (χ1) is 23.3. The SMILES string of the molecule is CCCCCCCCCCCCCCCCCCCCCC(=O)C(O)(C(=O)CCCCCCCCCCCCCCC(C)C)C(O)CO. The predicted molar refractivity (Wildman–Crippen MR) is 206 cm³/mol. The van der Waals surface area contributed by atoms with Crippen LogP contribution in [-0.2, 0) is 9.59 Å². The van der Waals surface area contributed by atoms with Crippen LogP contribution in [0, 0.1) is 5.92 Å². The molecule has 48 heavy (non-hydrogen) atoms. The Morgan fingerprint density at radius 3 is 0.958 bits per heavy atom. The minimum Gasteiger partial charge on any atom is -0.394 e. The van der Waals surface area contributed by atoms with Crippen LogP contribution >= 0.6 is 0 Å². The fourth-order valence-corrected chi connectivity index (χ4v) is 7.01. The van der Waals surface area contributed by atoms with Gasteiger partial charge in [-0.1, -0.05) is 213 Å². The molecule has 0 saturated carbocycles. The minimum atomic E-state index is -2.47. The molecule has 0 aromatic rings. The van der Waals surface area contributed by atoms with Crippen LogP contribution in [0.25, 0.3) is 0 Å². The summed E-state index contributed by atoms with van der Waals surface area (Å²) in [6.07, 6.45) is 38.1. The lowest BCUT2D eigenvalue weighted by atomic mass is 9.82. The number of unbranched alkanes of at least 4 members (excludes halogenated alkanes) is 29. The Morgan fingerprint density at radius 1 is 0.458 bits per heavy atom. The topological polar surface area (TPSA) is 94.8 Å². The van der Waals surface area contributed by atoms with E-state index in [1.54, 1.807) is 0 Å². The van der Waals surface area contributed by atoms with E-state index in [-0.39, 0.29) is 12.8 Å². The van der Waals surface area contributed by atoms with E-state index in [2.05, 4.69) is 20.8 Å². The maximum absolute atomic E-state index is 12.9. The lowest BCUT2D eigenvalue weighted by Gasteiger charge is -2.29. The zero-order chi connectivity index (χ0) is 35.6.